The smallest absolute Gasteiger partial charge is 0.245 e. The molecule has 2 saturated heterocycles. The third-order valence-corrected chi connectivity index (χ3v) is 11.0. The zero-order valence-corrected chi connectivity index (χ0v) is 30.2. The average molecular weight is 710 g/mol. The number of aromatic nitrogens is 1. The molecule has 6 aromatic rings. The van der Waals surface area contributed by atoms with Gasteiger partial charge in [0.2, 0.25) is 5.91 Å². The van der Waals surface area contributed by atoms with Gasteiger partial charge in [-0.2, -0.15) is 0 Å². The molecule has 4 heterocycles. The van der Waals surface area contributed by atoms with Gasteiger partial charge in [0, 0.05) is 68.8 Å². The molecule has 2 aliphatic heterocycles. The summed E-state index contributed by atoms with van der Waals surface area (Å²) in [6, 6.07) is 38.7. The number of nitrogens with one attached hydrogen (secondary N) is 1. The molecule has 2 atom stereocenters. The molecule has 4 aromatic carbocycles. The van der Waals surface area contributed by atoms with Gasteiger partial charge >= 0.3 is 0 Å². The van der Waals surface area contributed by atoms with Gasteiger partial charge in [-0.25, -0.2) is 0 Å². The highest BCUT2D eigenvalue weighted by Crippen LogP contribution is 2.34. The van der Waals surface area contributed by atoms with Crippen LogP contribution in [0.5, 0.6) is 5.75 Å². The number of amides is 1. The molecular formula is C44H47N5O4. The number of aliphatic hydroxyl groups excluding tert-OH is 1. The summed E-state index contributed by atoms with van der Waals surface area (Å²) >= 11 is 0. The number of β-amino-alcohol motifs (C(OH)–C–C–N with tert-alkyl or cyclic N) is 1. The second-order valence-corrected chi connectivity index (χ2v) is 14.3. The van der Waals surface area contributed by atoms with Gasteiger partial charge in [0.1, 0.15) is 23.1 Å². The van der Waals surface area contributed by atoms with Crippen LogP contribution < -0.4 is 10.1 Å². The number of piperazine rings is 1. The third-order valence-electron chi connectivity index (χ3n) is 11.0. The number of pyridine rings is 1. The third kappa shape index (κ3) is 7.70. The maximum absolute atomic E-state index is 14.4. The number of benzene rings is 4. The Morgan fingerprint density at radius 1 is 0.830 bits per heavy atom. The van der Waals surface area contributed by atoms with Crippen LogP contribution in [0.25, 0.3) is 21.9 Å². The Balaban J connectivity index is 0.944. The lowest BCUT2D eigenvalue weighted by Crippen LogP contribution is -2.53. The molecule has 0 spiro atoms. The zero-order chi connectivity index (χ0) is 36.1. The number of carbonyl (C=O) groups excluding carboxylic acids is 1. The fraction of sp³-hybridized carbons (Fsp3) is 0.318. The number of nitrogens with zero attached hydrogens (tertiary/aromatic N) is 4. The Kier molecular flexibility index (Phi) is 10.5. The lowest BCUT2D eigenvalue weighted by atomic mass is 9.96. The van der Waals surface area contributed by atoms with Crippen molar-refractivity contribution in [1.29, 1.82) is 0 Å². The van der Waals surface area contributed by atoms with Crippen molar-refractivity contribution in [2.45, 2.75) is 37.1 Å². The first-order valence-electron chi connectivity index (χ1n) is 18.7. The zero-order valence-electron chi connectivity index (χ0n) is 30.2. The normalized spacial score (nSPS) is 17.6. The summed E-state index contributed by atoms with van der Waals surface area (Å²) < 4.78 is 11.8. The number of ether oxygens (including phenoxy) is 1. The number of rotatable bonds is 11. The van der Waals surface area contributed by atoms with Gasteiger partial charge < -0.3 is 24.5 Å². The van der Waals surface area contributed by atoms with E-state index in [2.05, 4.69) is 85.7 Å². The van der Waals surface area contributed by atoms with Crippen molar-refractivity contribution in [2.75, 3.05) is 52.9 Å². The van der Waals surface area contributed by atoms with E-state index >= 15 is 0 Å². The molecule has 2 fully saturated rings. The van der Waals surface area contributed by atoms with Gasteiger partial charge in [0.25, 0.3) is 0 Å². The van der Waals surface area contributed by atoms with Crippen LogP contribution in [0.1, 0.15) is 53.5 Å². The molecule has 53 heavy (non-hydrogen) atoms. The maximum atomic E-state index is 14.4. The fourth-order valence-electron chi connectivity index (χ4n) is 8.20. The molecule has 0 saturated carbocycles. The molecule has 272 valence electrons. The maximum Gasteiger partial charge on any atom is 0.245 e. The largest absolute Gasteiger partial charge is 0.497 e. The fourth-order valence-corrected chi connectivity index (χ4v) is 8.20. The van der Waals surface area contributed by atoms with Crippen LogP contribution in [-0.4, -0.2) is 89.7 Å². The van der Waals surface area contributed by atoms with E-state index < -0.39 is 12.1 Å². The van der Waals surface area contributed by atoms with Gasteiger partial charge in [0.05, 0.1) is 24.8 Å². The first kappa shape index (κ1) is 35.0. The first-order chi connectivity index (χ1) is 26.0. The van der Waals surface area contributed by atoms with E-state index in [9.17, 15) is 9.90 Å². The highest BCUT2D eigenvalue weighted by Gasteiger charge is 2.36. The summed E-state index contributed by atoms with van der Waals surface area (Å²) in [5, 5.41) is 16.7. The summed E-state index contributed by atoms with van der Waals surface area (Å²) in [4.78, 5) is 25.9. The topological polar surface area (TPSA) is 94.3 Å². The number of para-hydroxylation sites is 1. The Labute approximate surface area is 310 Å². The van der Waals surface area contributed by atoms with E-state index in [1.54, 1.807) is 13.3 Å². The monoisotopic (exact) mass is 709 g/mol. The Hall–Kier alpha value is -5.06. The Bertz CT molecular complexity index is 2050. The van der Waals surface area contributed by atoms with Crippen molar-refractivity contribution in [3.05, 3.63) is 144 Å². The summed E-state index contributed by atoms with van der Waals surface area (Å²) in [5.74, 6) is 1.40. The molecule has 1 amide bonds. The molecule has 1 unspecified atom stereocenters. The van der Waals surface area contributed by atoms with E-state index in [1.807, 2.05) is 54.6 Å². The van der Waals surface area contributed by atoms with Gasteiger partial charge in [-0.15, -0.1) is 0 Å². The van der Waals surface area contributed by atoms with Gasteiger partial charge in [-0.3, -0.25) is 19.6 Å². The van der Waals surface area contributed by atoms with Crippen LogP contribution >= 0.6 is 0 Å². The van der Waals surface area contributed by atoms with Gasteiger partial charge in [-0.1, -0.05) is 78.9 Å². The average Bonchev–Trinajstić information content (AvgIpc) is 3.63. The van der Waals surface area contributed by atoms with E-state index in [-0.39, 0.29) is 18.0 Å². The number of likely N-dealkylation sites (tertiary alicyclic amines) is 1. The lowest BCUT2D eigenvalue weighted by Gasteiger charge is -2.42. The van der Waals surface area contributed by atoms with E-state index in [1.165, 1.54) is 11.1 Å². The molecule has 9 heteroatoms. The van der Waals surface area contributed by atoms with Crippen LogP contribution in [0.3, 0.4) is 0 Å². The predicted molar refractivity (Wildman–Crippen MR) is 208 cm³/mol. The summed E-state index contributed by atoms with van der Waals surface area (Å²) in [6.07, 6.45) is 2.69. The second kappa shape index (κ2) is 15.9. The summed E-state index contributed by atoms with van der Waals surface area (Å²) in [5.41, 5.74) is 5.01. The molecular weight excluding hydrogens is 663 g/mol. The Morgan fingerprint density at radius 3 is 2.17 bits per heavy atom. The van der Waals surface area contributed by atoms with Crippen molar-refractivity contribution < 1.29 is 19.1 Å². The second-order valence-electron chi connectivity index (χ2n) is 14.3. The lowest BCUT2D eigenvalue weighted by molar-refractivity contribution is -0.129. The molecule has 2 aromatic heterocycles. The number of piperidine rings is 1. The van der Waals surface area contributed by atoms with Crippen molar-refractivity contribution in [3.8, 4) is 5.75 Å². The number of carbonyl (C=O) groups is 1. The number of hydrogen-bond acceptors (Lipinski definition) is 8. The number of hydrogen-bond donors (Lipinski definition) is 2. The Morgan fingerprint density at radius 2 is 1.49 bits per heavy atom. The van der Waals surface area contributed by atoms with E-state index in [0.29, 0.717) is 12.3 Å². The highest BCUT2D eigenvalue weighted by molar-refractivity contribution is 5.86. The standard InChI is InChI=1S/C44H47N5O4/c1-52-35-16-17-38-37(29-35)36(18-21-45-38)39(50)30-47-22-19-34(20-23-47)46-44(51)43(41-28-33-14-8-9-15-40(33)53-41)49-26-24-48(25-27-49)42(31-10-4-2-5-11-31)32-12-6-3-7-13-32/h2-18,21,28-29,34,39,42-43,50H,19-20,22-27,30H2,1H3,(H,46,51)/t39-,43?/m0/s1. The van der Waals surface area contributed by atoms with Crippen LogP contribution in [0, 0.1) is 0 Å². The minimum atomic E-state index is -0.668. The summed E-state index contributed by atoms with van der Waals surface area (Å²) in [6.45, 7) is 5.17. The molecule has 0 radical (unpaired) electrons. The van der Waals surface area contributed by atoms with E-state index in [4.69, 9.17) is 9.15 Å². The minimum absolute atomic E-state index is 0.0177. The van der Waals surface area contributed by atoms with Crippen molar-refractivity contribution in [1.82, 2.24) is 25.0 Å². The van der Waals surface area contributed by atoms with Crippen molar-refractivity contribution in [2.24, 2.45) is 0 Å². The summed E-state index contributed by atoms with van der Waals surface area (Å²) in [7, 11) is 1.64. The number of methoxy groups -OCH3 is 1. The molecule has 9 nitrogen and oxygen atoms in total. The predicted octanol–water partition coefficient (Wildman–Crippen LogP) is 6.75. The molecule has 8 rings (SSSR count). The molecule has 2 N–H and O–H groups in total. The van der Waals surface area contributed by atoms with Gasteiger partial charge in [0.15, 0.2) is 0 Å². The van der Waals surface area contributed by atoms with Crippen LogP contribution in [0.2, 0.25) is 0 Å². The minimum Gasteiger partial charge on any atom is -0.497 e. The highest BCUT2D eigenvalue weighted by atomic mass is 16.5. The number of aliphatic hydroxyl groups is 1. The number of fused-ring (bicyclic) bond motifs is 2. The number of furan rings is 1. The van der Waals surface area contributed by atoms with Gasteiger partial charge in [-0.05, 0) is 65.9 Å². The molecule has 0 aliphatic carbocycles. The van der Waals surface area contributed by atoms with Crippen LogP contribution in [0.15, 0.2) is 126 Å². The molecule has 2 aliphatic rings. The van der Waals surface area contributed by atoms with Crippen molar-refractivity contribution in [3.63, 3.8) is 0 Å². The van der Waals surface area contributed by atoms with E-state index in [0.717, 1.165) is 85.3 Å². The van der Waals surface area contributed by atoms with Crippen LogP contribution in [0.4, 0.5) is 0 Å². The SMILES string of the molecule is COc1ccc2nccc([C@@H](O)CN3CCC(NC(=O)C(c4cc5ccccc5o4)N4CCN(C(c5ccccc5)c5ccccc5)CC4)CC3)c2c1. The van der Waals surface area contributed by atoms with Crippen molar-refractivity contribution >= 4 is 27.8 Å². The first-order valence-corrected chi connectivity index (χ1v) is 18.7. The van der Waals surface area contributed by atoms with Crippen LogP contribution in [-0.2, 0) is 4.79 Å². The quantitative estimate of drug-likeness (QED) is 0.153. The molecule has 0 bridgehead atoms.